The van der Waals surface area contributed by atoms with Crippen LogP contribution < -0.4 is 5.32 Å². The topological polar surface area (TPSA) is 58.0 Å². The van der Waals surface area contributed by atoms with E-state index in [2.05, 4.69) is 38.1 Å². The first-order chi connectivity index (χ1) is 8.07. The van der Waals surface area contributed by atoms with Crippen molar-refractivity contribution in [2.45, 2.75) is 38.2 Å². The van der Waals surface area contributed by atoms with E-state index in [0.717, 1.165) is 42.0 Å². The van der Waals surface area contributed by atoms with Crippen LogP contribution in [0, 0.1) is 5.92 Å². The van der Waals surface area contributed by atoms with Gasteiger partial charge in [0.15, 0.2) is 0 Å². The van der Waals surface area contributed by atoms with Gasteiger partial charge in [-0.05, 0) is 47.5 Å². The second-order valence-electron chi connectivity index (χ2n) is 4.99. The minimum Gasteiger partial charge on any atom is -0.388 e. The minimum absolute atomic E-state index is 0.559. The van der Waals surface area contributed by atoms with E-state index in [9.17, 15) is 5.11 Å². The van der Waals surface area contributed by atoms with E-state index in [1.54, 1.807) is 0 Å². The lowest BCUT2D eigenvalue weighted by molar-refractivity contribution is 0.00494. The Hall–Kier alpha value is -0.680. The zero-order valence-electron chi connectivity index (χ0n) is 9.99. The fourth-order valence-electron chi connectivity index (χ4n) is 2.16. The number of halogens is 1. The third-order valence-electron chi connectivity index (χ3n) is 3.44. The SMILES string of the molecule is CC1CCC(O)(CNc2cc(Br)ncn2)CC1. The maximum atomic E-state index is 10.4. The number of nitrogens with one attached hydrogen (secondary N) is 1. The number of anilines is 1. The minimum atomic E-state index is -0.579. The molecule has 1 aliphatic rings. The molecule has 4 nitrogen and oxygen atoms in total. The van der Waals surface area contributed by atoms with Crippen LogP contribution >= 0.6 is 15.9 Å². The van der Waals surface area contributed by atoms with Crippen LogP contribution in [0.25, 0.3) is 0 Å². The van der Waals surface area contributed by atoms with Gasteiger partial charge in [0.25, 0.3) is 0 Å². The van der Waals surface area contributed by atoms with Crippen molar-refractivity contribution in [1.82, 2.24) is 9.97 Å². The summed E-state index contributed by atoms with van der Waals surface area (Å²) in [5, 5.41) is 13.6. The summed E-state index contributed by atoms with van der Waals surface area (Å²) in [5.74, 6) is 1.49. The highest BCUT2D eigenvalue weighted by atomic mass is 79.9. The van der Waals surface area contributed by atoms with Gasteiger partial charge < -0.3 is 10.4 Å². The molecular weight excluding hydrogens is 282 g/mol. The first kappa shape index (κ1) is 12.8. The van der Waals surface area contributed by atoms with Crippen LogP contribution in [0.4, 0.5) is 5.82 Å². The van der Waals surface area contributed by atoms with Crippen molar-refractivity contribution >= 4 is 21.7 Å². The number of aromatic nitrogens is 2. The Balaban J connectivity index is 1.89. The Morgan fingerprint density at radius 1 is 1.47 bits per heavy atom. The molecule has 1 aromatic heterocycles. The van der Waals surface area contributed by atoms with E-state index in [0.29, 0.717) is 6.54 Å². The van der Waals surface area contributed by atoms with Crippen LogP contribution in [0.5, 0.6) is 0 Å². The van der Waals surface area contributed by atoms with Gasteiger partial charge in [-0.1, -0.05) is 6.92 Å². The summed E-state index contributed by atoms with van der Waals surface area (Å²) in [6.07, 6.45) is 5.44. The monoisotopic (exact) mass is 299 g/mol. The van der Waals surface area contributed by atoms with Gasteiger partial charge in [0, 0.05) is 12.6 Å². The fraction of sp³-hybridized carbons (Fsp3) is 0.667. The van der Waals surface area contributed by atoms with Gasteiger partial charge in [-0.15, -0.1) is 0 Å². The van der Waals surface area contributed by atoms with E-state index < -0.39 is 5.60 Å². The Morgan fingerprint density at radius 3 is 2.82 bits per heavy atom. The summed E-state index contributed by atoms with van der Waals surface area (Å²) in [4.78, 5) is 8.07. The molecule has 0 saturated heterocycles. The van der Waals surface area contributed by atoms with Gasteiger partial charge in [0.05, 0.1) is 5.60 Å². The van der Waals surface area contributed by atoms with Crippen molar-refractivity contribution in [2.24, 2.45) is 5.92 Å². The summed E-state index contributed by atoms with van der Waals surface area (Å²) in [5.41, 5.74) is -0.579. The third kappa shape index (κ3) is 3.64. The normalized spacial score (nSPS) is 29.0. The molecule has 1 heterocycles. The Bertz CT molecular complexity index is 378. The smallest absolute Gasteiger partial charge is 0.130 e. The summed E-state index contributed by atoms with van der Waals surface area (Å²) >= 11 is 3.30. The van der Waals surface area contributed by atoms with Gasteiger partial charge in [0.1, 0.15) is 16.7 Å². The van der Waals surface area contributed by atoms with Crippen molar-refractivity contribution in [3.8, 4) is 0 Å². The molecular formula is C12H18BrN3O. The van der Waals surface area contributed by atoms with E-state index in [1.165, 1.54) is 6.33 Å². The molecule has 1 fully saturated rings. The van der Waals surface area contributed by atoms with E-state index in [4.69, 9.17) is 0 Å². The molecule has 0 radical (unpaired) electrons. The third-order valence-corrected chi connectivity index (χ3v) is 3.87. The number of nitrogens with zero attached hydrogens (tertiary/aromatic N) is 2. The lowest BCUT2D eigenvalue weighted by atomic mass is 9.79. The lowest BCUT2D eigenvalue weighted by Gasteiger charge is -2.35. The average Bonchev–Trinajstić information content (AvgIpc) is 2.31. The largest absolute Gasteiger partial charge is 0.388 e. The van der Waals surface area contributed by atoms with Crippen LogP contribution in [0.3, 0.4) is 0 Å². The van der Waals surface area contributed by atoms with E-state index in [-0.39, 0.29) is 0 Å². The highest BCUT2D eigenvalue weighted by Crippen LogP contribution is 2.31. The number of hydrogen-bond acceptors (Lipinski definition) is 4. The van der Waals surface area contributed by atoms with E-state index in [1.807, 2.05) is 6.07 Å². The van der Waals surface area contributed by atoms with Gasteiger partial charge in [0.2, 0.25) is 0 Å². The molecule has 1 saturated carbocycles. The summed E-state index contributed by atoms with van der Waals surface area (Å²) in [6, 6.07) is 1.81. The Labute approximate surface area is 110 Å². The molecule has 0 amide bonds. The summed E-state index contributed by atoms with van der Waals surface area (Å²) in [6.45, 7) is 2.80. The molecule has 17 heavy (non-hydrogen) atoms. The molecule has 2 rings (SSSR count). The van der Waals surface area contributed by atoms with Gasteiger partial charge in [-0.2, -0.15) is 0 Å². The molecule has 94 valence electrons. The van der Waals surface area contributed by atoms with Crippen LogP contribution in [0.15, 0.2) is 17.0 Å². The van der Waals surface area contributed by atoms with Crippen LogP contribution in [0.2, 0.25) is 0 Å². The van der Waals surface area contributed by atoms with Crippen molar-refractivity contribution in [1.29, 1.82) is 0 Å². The lowest BCUT2D eigenvalue weighted by Crippen LogP contribution is -2.40. The highest BCUT2D eigenvalue weighted by Gasteiger charge is 2.31. The number of rotatable bonds is 3. The number of hydrogen-bond donors (Lipinski definition) is 2. The summed E-state index contributed by atoms with van der Waals surface area (Å²) in [7, 11) is 0. The van der Waals surface area contributed by atoms with Gasteiger partial charge in [-0.25, -0.2) is 9.97 Å². The summed E-state index contributed by atoms with van der Waals surface area (Å²) < 4.78 is 0.749. The first-order valence-corrected chi connectivity index (χ1v) is 6.80. The standard InChI is InChI=1S/C12H18BrN3O/c1-9-2-4-12(17,5-3-9)7-14-11-6-10(13)15-8-16-11/h6,8-9,17H,2-5,7H2,1H3,(H,14,15,16). The van der Waals surface area contributed by atoms with Crippen LogP contribution in [-0.2, 0) is 0 Å². The average molecular weight is 300 g/mol. The van der Waals surface area contributed by atoms with Gasteiger partial charge >= 0.3 is 0 Å². The number of aliphatic hydroxyl groups is 1. The Morgan fingerprint density at radius 2 is 2.18 bits per heavy atom. The van der Waals surface area contributed by atoms with Crippen molar-refractivity contribution in [2.75, 3.05) is 11.9 Å². The molecule has 0 unspecified atom stereocenters. The molecule has 2 N–H and O–H groups in total. The maximum Gasteiger partial charge on any atom is 0.130 e. The van der Waals surface area contributed by atoms with Crippen molar-refractivity contribution in [3.63, 3.8) is 0 Å². The molecule has 5 heteroatoms. The highest BCUT2D eigenvalue weighted by molar-refractivity contribution is 9.10. The first-order valence-electron chi connectivity index (χ1n) is 6.01. The maximum absolute atomic E-state index is 10.4. The molecule has 1 aromatic rings. The van der Waals surface area contributed by atoms with Crippen molar-refractivity contribution in [3.05, 3.63) is 17.0 Å². The van der Waals surface area contributed by atoms with Crippen LogP contribution in [-0.4, -0.2) is 27.2 Å². The van der Waals surface area contributed by atoms with Crippen molar-refractivity contribution < 1.29 is 5.11 Å². The predicted molar refractivity (Wildman–Crippen MR) is 70.8 cm³/mol. The Kier molecular flexibility index (Phi) is 3.99. The molecule has 0 aliphatic heterocycles. The zero-order valence-corrected chi connectivity index (χ0v) is 11.6. The predicted octanol–water partition coefficient (Wildman–Crippen LogP) is 2.59. The molecule has 0 spiro atoms. The quantitative estimate of drug-likeness (QED) is 0.842. The van der Waals surface area contributed by atoms with Crippen LogP contribution in [0.1, 0.15) is 32.6 Å². The molecule has 0 atom stereocenters. The second-order valence-corrected chi connectivity index (χ2v) is 5.80. The molecule has 0 bridgehead atoms. The van der Waals surface area contributed by atoms with Gasteiger partial charge in [-0.3, -0.25) is 0 Å². The second kappa shape index (κ2) is 5.31. The molecule has 0 aromatic carbocycles. The zero-order chi connectivity index (χ0) is 12.3. The van der Waals surface area contributed by atoms with E-state index >= 15 is 0 Å². The fourth-order valence-corrected chi connectivity index (χ4v) is 2.47. The molecule has 1 aliphatic carbocycles.